The number of thiophene rings is 1. The van der Waals surface area contributed by atoms with E-state index in [0.29, 0.717) is 17.0 Å². The number of carbonyl (C=O) groups is 1. The molecular weight excluding hydrogens is 301 g/mol. The van der Waals surface area contributed by atoms with Crippen LogP contribution in [-0.4, -0.2) is 12.5 Å². The molecule has 0 aliphatic carbocycles. The van der Waals surface area contributed by atoms with Crippen molar-refractivity contribution in [1.29, 1.82) is 0 Å². The third-order valence-electron chi connectivity index (χ3n) is 2.40. The number of carbonyl (C=O) groups excluding carboxylic acids is 1. The first-order chi connectivity index (χ1) is 10.0. The molecule has 21 heavy (non-hydrogen) atoms. The Hall–Kier alpha value is -2.30. The van der Waals surface area contributed by atoms with Crippen LogP contribution in [0.3, 0.4) is 0 Å². The number of hydrogen-bond donors (Lipinski definition) is 2. The molecule has 0 bridgehead atoms. The highest BCUT2D eigenvalue weighted by molar-refractivity contribution is 7.14. The quantitative estimate of drug-likeness (QED) is 0.662. The van der Waals surface area contributed by atoms with Crippen molar-refractivity contribution in [3.63, 3.8) is 0 Å². The van der Waals surface area contributed by atoms with Gasteiger partial charge in [0.1, 0.15) is 5.82 Å². The fourth-order valence-corrected chi connectivity index (χ4v) is 2.24. The molecule has 2 rings (SSSR count). The van der Waals surface area contributed by atoms with Gasteiger partial charge in [-0.3, -0.25) is 4.79 Å². The minimum absolute atomic E-state index is 0.194. The van der Waals surface area contributed by atoms with Crippen LogP contribution in [0.15, 0.2) is 24.3 Å². The summed E-state index contributed by atoms with van der Waals surface area (Å²) in [7, 11) is 0. The highest BCUT2D eigenvalue weighted by atomic mass is 32.1. The van der Waals surface area contributed by atoms with Crippen molar-refractivity contribution in [3.8, 4) is 11.8 Å². The standard InChI is InChI=1S/C14H9F3N2OS/c15-9-6-11(17)12(7-10(9)16)19-14(20)13-4-3-8(21-13)2-1-5-18/h3-4,6-7H,5,18H2,(H,19,20). The van der Waals surface area contributed by atoms with Gasteiger partial charge in [0.25, 0.3) is 5.91 Å². The molecule has 7 heteroatoms. The Bertz CT molecular complexity index is 746. The minimum atomic E-state index is -1.32. The van der Waals surface area contributed by atoms with Crippen LogP contribution in [-0.2, 0) is 0 Å². The van der Waals surface area contributed by atoms with Gasteiger partial charge in [0.05, 0.1) is 22.0 Å². The van der Waals surface area contributed by atoms with Crippen LogP contribution in [0.25, 0.3) is 0 Å². The maximum absolute atomic E-state index is 13.4. The van der Waals surface area contributed by atoms with E-state index < -0.39 is 29.0 Å². The lowest BCUT2D eigenvalue weighted by Gasteiger charge is -2.05. The summed E-state index contributed by atoms with van der Waals surface area (Å²) < 4.78 is 39.2. The summed E-state index contributed by atoms with van der Waals surface area (Å²) in [6.07, 6.45) is 0. The Morgan fingerprint density at radius 2 is 1.90 bits per heavy atom. The highest BCUT2D eigenvalue weighted by Gasteiger charge is 2.14. The van der Waals surface area contributed by atoms with Crippen LogP contribution < -0.4 is 11.1 Å². The second kappa shape index (κ2) is 6.43. The molecule has 3 N–H and O–H groups in total. The molecule has 3 nitrogen and oxygen atoms in total. The Labute approximate surface area is 122 Å². The van der Waals surface area contributed by atoms with Crippen molar-refractivity contribution in [2.45, 2.75) is 0 Å². The molecular formula is C14H9F3N2OS. The molecule has 1 amide bonds. The van der Waals surface area contributed by atoms with E-state index in [1.54, 1.807) is 6.07 Å². The van der Waals surface area contributed by atoms with E-state index in [4.69, 9.17) is 5.73 Å². The molecule has 0 fully saturated rings. The van der Waals surface area contributed by atoms with Crippen molar-refractivity contribution < 1.29 is 18.0 Å². The van der Waals surface area contributed by atoms with Gasteiger partial charge in [-0.1, -0.05) is 11.8 Å². The molecule has 0 unspecified atom stereocenters. The zero-order valence-corrected chi connectivity index (χ0v) is 11.4. The Morgan fingerprint density at radius 3 is 2.62 bits per heavy atom. The normalized spacial score (nSPS) is 9.90. The molecule has 0 spiro atoms. The third kappa shape index (κ3) is 3.62. The number of halogens is 3. The van der Waals surface area contributed by atoms with E-state index in [-0.39, 0.29) is 11.4 Å². The molecule has 0 atom stereocenters. The fraction of sp³-hybridized carbons (Fsp3) is 0.0714. The van der Waals surface area contributed by atoms with Crippen molar-refractivity contribution in [2.24, 2.45) is 5.73 Å². The highest BCUT2D eigenvalue weighted by Crippen LogP contribution is 2.21. The monoisotopic (exact) mass is 310 g/mol. The van der Waals surface area contributed by atoms with Gasteiger partial charge in [0.15, 0.2) is 11.6 Å². The van der Waals surface area contributed by atoms with E-state index in [0.717, 1.165) is 11.3 Å². The van der Waals surface area contributed by atoms with E-state index in [2.05, 4.69) is 17.2 Å². The van der Waals surface area contributed by atoms with Gasteiger partial charge in [-0.05, 0) is 12.1 Å². The van der Waals surface area contributed by atoms with Gasteiger partial charge in [0, 0.05) is 12.1 Å². The first-order valence-corrected chi connectivity index (χ1v) is 6.57. The second-order valence-corrected chi connectivity index (χ2v) is 4.95. The molecule has 2 aromatic rings. The molecule has 1 heterocycles. The van der Waals surface area contributed by atoms with Gasteiger partial charge in [-0.15, -0.1) is 11.3 Å². The summed E-state index contributed by atoms with van der Waals surface area (Å²) in [4.78, 5) is 12.8. The molecule has 1 aromatic heterocycles. The summed E-state index contributed by atoms with van der Waals surface area (Å²) in [5.74, 6) is 1.14. The van der Waals surface area contributed by atoms with Gasteiger partial charge in [0.2, 0.25) is 0 Å². The Kier molecular flexibility index (Phi) is 4.62. The SMILES string of the molecule is NCC#Cc1ccc(C(=O)Nc2cc(F)c(F)cc2F)s1. The largest absolute Gasteiger partial charge is 0.320 e. The molecule has 0 aliphatic rings. The van der Waals surface area contributed by atoms with Gasteiger partial charge < -0.3 is 11.1 Å². The molecule has 0 radical (unpaired) electrons. The lowest BCUT2D eigenvalue weighted by molar-refractivity contribution is 0.103. The topological polar surface area (TPSA) is 55.1 Å². The third-order valence-corrected chi connectivity index (χ3v) is 3.40. The summed E-state index contributed by atoms with van der Waals surface area (Å²) in [6, 6.07) is 4.07. The van der Waals surface area contributed by atoms with Crippen LogP contribution in [0.4, 0.5) is 18.9 Å². The van der Waals surface area contributed by atoms with E-state index in [9.17, 15) is 18.0 Å². The number of rotatable bonds is 2. The number of anilines is 1. The average molecular weight is 310 g/mol. The molecule has 0 saturated heterocycles. The predicted octanol–water partition coefficient (Wildman–Crippen LogP) is 2.73. The van der Waals surface area contributed by atoms with E-state index in [1.807, 2.05) is 0 Å². The van der Waals surface area contributed by atoms with Crippen molar-refractivity contribution >= 4 is 22.9 Å². The summed E-state index contributed by atoms with van der Waals surface area (Å²) in [5, 5.41) is 2.18. The summed E-state index contributed by atoms with van der Waals surface area (Å²) in [5.41, 5.74) is 4.80. The zero-order valence-electron chi connectivity index (χ0n) is 10.5. The summed E-state index contributed by atoms with van der Waals surface area (Å²) in [6.45, 7) is 0.194. The maximum atomic E-state index is 13.4. The minimum Gasteiger partial charge on any atom is -0.320 e. The molecule has 0 saturated carbocycles. The molecule has 1 aromatic carbocycles. The smallest absolute Gasteiger partial charge is 0.265 e. The molecule has 108 valence electrons. The van der Waals surface area contributed by atoms with E-state index >= 15 is 0 Å². The number of hydrogen-bond acceptors (Lipinski definition) is 3. The van der Waals surface area contributed by atoms with Crippen molar-refractivity contribution in [3.05, 3.63) is 51.5 Å². The number of benzene rings is 1. The van der Waals surface area contributed by atoms with Crippen LogP contribution in [0.5, 0.6) is 0 Å². The van der Waals surface area contributed by atoms with Crippen LogP contribution in [0.1, 0.15) is 14.5 Å². The number of amides is 1. The first kappa shape index (κ1) is 15.1. The van der Waals surface area contributed by atoms with Crippen LogP contribution >= 0.6 is 11.3 Å². The van der Waals surface area contributed by atoms with E-state index in [1.165, 1.54) is 6.07 Å². The average Bonchev–Trinajstić information content (AvgIpc) is 2.91. The van der Waals surface area contributed by atoms with Gasteiger partial charge in [-0.25, -0.2) is 13.2 Å². The number of nitrogens with two attached hydrogens (primary N) is 1. The lowest BCUT2D eigenvalue weighted by Crippen LogP contribution is -2.12. The Balaban J connectivity index is 2.18. The number of nitrogens with one attached hydrogen (secondary N) is 1. The maximum Gasteiger partial charge on any atom is 0.265 e. The fourth-order valence-electron chi connectivity index (χ4n) is 1.47. The molecule has 0 aliphatic heterocycles. The van der Waals surface area contributed by atoms with Gasteiger partial charge >= 0.3 is 0 Å². The summed E-state index contributed by atoms with van der Waals surface area (Å²) >= 11 is 1.08. The predicted molar refractivity (Wildman–Crippen MR) is 74.5 cm³/mol. The zero-order chi connectivity index (χ0) is 15.4. The Morgan fingerprint density at radius 1 is 1.19 bits per heavy atom. The van der Waals surface area contributed by atoms with Crippen molar-refractivity contribution in [2.75, 3.05) is 11.9 Å². The van der Waals surface area contributed by atoms with Crippen LogP contribution in [0.2, 0.25) is 0 Å². The lowest BCUT2D eigenvalue weighted by atomic mass is 10.2. The first-order valence-electron chi connectivity index (χ1n) is 5.76. The van der Waals surface area contributed by atoms with Gasteiger partial charge in [-0.2, -0.15) is 0 Å². The van der Waals surface area contributed by atoms with Crippen LogP contribution in [0, 0.1) is 29.3 Å². The van der Waals surface area contributed by atoms with Crippen molar-refractivity contribution in [1.82, 2.24) is 0 Å². The second-order valence-electron chi connectivity index (χ2n) is 3.87.